The Kier molecular flexibility index (Phi) is 8.06. The maximum absolute atomic E-state index is 13.2. The van der Waals surface area contributed by atoms with Gasteiger partial charge in [-0.1, -0.05) is 51.9 Å². The molecule has 0 atom stereocenters. The minimum atomic E-state index is -2.97. The van der Waals surface area contributed by atoms with Crippen LogP contribution in [-0.4, -0.2) is 21.5 Å². The van der Waals surface area contributed by atoms with Crippen LogP contribution in [0.15, 0.2) is 22.7 Å². The number of nitrogens with zero attached hydrogens (tertiary/aromatic N) is 3. The number of hydrogen-bond acceptors (Lipinski definition) is 4. The van der Waals surface area contributed by atoms with Crippen LogP contribution in [-0.2, 0) is 12.5 Å². The van der Waals surface area contributed by atoms with Crippen LogP contribution in [0.3, 0.4) is 0 Å². The van der Waals surface area contributed by atoms with Crippen molar-refractivity contribution in [1.82, 2.24) is 15.0 Å². The van der Waals surface area contributed by atoms with Gasteiger partial charge in [0.05, 0.1) is 6.20 Å². The van der Waals surface area contributed by atoms with Gasteiger partial charge in [0.15, 0.2) is 11.6 Å². The third-order valence-electron chi connectivity index (χ3n) is 4.26. The predicted octanol–water partition coefficient (Wildman–Crippen LogP) is 5.58. The first-order valence-electron chi connectivity index (χ1n) is 9.60. The lowest BCUT2D eigenvalue weighted by molar-refractivity contribution is -0.00640. The third kappa shape index (κ3) is 7.14. The molecule has 0 unspecified atom stereocenters. The lowest BCUT2D eigenvalue weighted by atomic mass is 10.1. The average molecular weight is 368 g/mol. The van der Waals surface area contributed by atoms with Gasteiger partial charge in [-0.05, 0) is 18.6 Å². The highest BCUT2D eigenvalue weighted by atomic mass is 19.3. The second-order valence-corrected chi connectivity index (χ2v) is 6.82. The number of nitrogens with one attached hydrogen (secondary N) is 1. The monoisotopic (exact) mass is 368 g/mol. The number of anilines is 1. The number of alkyl halides is 2. The average Bonchev–Trinajstić information content (AvgIpc) is 3.23. The van der Waals surface area contributed by atoms with Crippen LogP contribution < -0.4 is 5.32 Å². The number of unbranched alkanes of at least 4 members (excludes halogenated alkanes) is 7. The summed E-state index contributed by atoms with van der Waals surface area (Å²) >= 11 is 0. The van der Waals surface area contributed by atoms with Crippen molar-refractivity contribution < 1.29 is 13.2 Å². The zero-order chi connectivity index (χ0) is 18.8. The summed E-state index contributed by atoms with van der Waals surface area (Å²) in [4.78, 5) is 1.44. The van der Waals surface area contributed by atoms with Gasteiger partial charge in [-0.25, -0.2) is 0 Å². The molecular weight excluding hydrogens is 338 g/mol. The van der Waals surface area contributed by atoms with Gasteiger partial charge in [0.1, 0.15) is 12.3 Å². The maximum atomic E-state index is 13.2. The lowest BCUT2D eigenvalue weighted by Gasteiger charge is -2.05. The Morgan fingerprint density at radius 1 is 1.08 bits per heavy atom. The number of halogens is 2. The van der Waals surface area contributed by atoms with Gasteiger partial charge in [0.25, 0.3) is 0 Å². The fourth-order valence-corrected chi connectivity index (χ4v) is 2.77. The summed E-state index contributed by atoms with van der Waals surface area (Å²) in [7, 11) is 0. The van der Waals surface area contributed by atoms with Gasteiger partial charge >= 0.3 is 5.92 Å². The van der Waals surface area contributed by atoms with E-state index >= 15 is 0 Å². The summed E-state index contributed by atoms with van der Waals surface area (Å²) in [5.41, 5.74) is 0. The summed E-state index contributed by atoms with van der Waals surface area (Å²) in [5.74, 6) is -2.21. The molecule has 1 N–H and O–H groups in total. The molecule has 0 spiro atoms. The summed E-state index contributed by atoms with van der Waals surface area (Å²) in [5, 5.41) is 11.7. The molecule has 2 rings (SSSR count). The number of aromatic nitrogens is 3. The number of rotatable bonds is 13. The molecule has 0 saturated heterocycles. The molecule has 0 fully saturated rings. The second-order valence-electron chi connectivity index (χ2n) is 6.82. The summed E-state index contributed by atoms with van der Waals surface area (Å²) in [6.07, 6.45) is 11.9. The van der Waals surface area contributed by atoms with Crippen LogP contribution in [0.2, 0.25) is 0 Å². The summed E-state index contributed by atoms with van der Waals surface area (Å²) in [6.45, 7) is 4.14. The zero-order valence-corrected chi connectivity index (χ0v) is 15.8. The van der Waals surface area contributed by atoms with Crippen LogP contribution in [0.4, 0.5) is 14.6 Å². The molecular formula is C19H30F2N4O. The Morgan fingerprint density at radius 3 is 2.42 bits per heavy atom. The minimum Gasteiger partial charge on any atom is -0.458 e. The molecule has 0 aromatic carbocycles. The molecule has 0 radical (unpaired) electrons. The molecule has 0 aliphatic heterocycles. The van der Waals surface area contributed by atoms with Gasteiger partial charge in [0, 0.05) is 13.5 Å². The smallest absolute Gasteiger partial charge is 0.301 e. The van der Waals surface area contributed by atoms with E-state index in [1.165, 1.54) is 61.9 Å². The standard InChI is InChI=1S/C19H30F2N4O/c1-3-4-5-6-7-8-9-10-13-22-18-14-23-25(24-18)15-16-11-12-17(26-16)19(2,20)21/h11-12,14H,3-10,13,15H2,1-2H3,(H,22,24). The fraction of sp³-hybridized carbons (Fsp3) is 0.684. The van der Waals surface area contributed by atoms with Crippen molar-refractivity contribution in [2.45, 2.75) is 77.7 Å². The molecule has 0 amide bonds. The van der Waals surface area contributed by atoms with Crippen molar-refractivity contribution >= 4 is 5.82 Å². The van der Waals surface area contributed by atoms with Crippen LogP contribution in [0.25, 0.3) is 0 Å². The molecule has 0 bridgehead atoms. The van der Waals surface area contributed by atoms with Crippen molar-refractivity contribution in [2.24, 2.45) is 0 Å². The van der Waals surface area contributed by atoms with Crippen LogP contribution in [0, 0.1) is 0 Å². The van der Waals surface area contributed by atoms with Gasteiger partial charge in [-0.2, -0.15) is 18.7 Å². The molecule has 0 saturated carbocycles. The highest BCUT2D eigenvalue weighted by Gasteiger charge is 2.28. The first-order chi connectivity index (χ1) is 12.5. The molecule has 0 aliphatic carbocycles. The van der Waals surface area contributed by atoms with Gasteiger partial charge in [0.2, 0.25) is 0 Å². The van der Waals surface area contributed by atoms with E-state index < -0.39 is 5.92 Å². The van der Waals surface area contributed by atoms with Gasteiger partial charge < -0.3 is 9.73 Å². The first-order valence-corrected chi connectivity index (χ1v) is 9.60. The molecule has 146 valence electrons. The van der Waals surface area contributed by atoms with E-state index in [0.29, 0.717) is 11.6 Å². The molecule has 7 heteroatoms. The van der Waals surface area contributed by atoms with E-state index in [0.717, 1.165) is 19.9 Å². The van der Waals surface area contributed by atoms with E-state index in [-0.39, 0.29) is 12.3 Å². The minimum absolute atomic E-state index is 0.232. The SMILES string of the molecule is CCCCCCCCCCNc1cnn(Cc2ccc(C(C)(F)F)o2)n1. The normalized spacial score (nSPS) is 11.8. The van der Waals surface area contributed by atoms with Crippen molar-refractivity contribution in [3.63, 3.8) is 0 Å². The zero-order valence-electron chi connectivity index (χ0n) is 15.8. The molecule has 26 heavy (non-hydrogen) atoms. The van der Waals surface area contributed by atoms with Gasteiger partial charge in [-0.15, -0.1) is 5.10 Å². The maximum Gasteiger partial charge on any atom is 0.301 e. The number of hydrogen-bond donors (Lipinski definition) is 1. The van der Waals surface area contributed by atoms with E-state index in [9.17, 15) is 8.78 Å². The summed E-state index contributed by atoms with van der Waals surface area (Å²) < 4.78 is 31.5. The lowest BCUT2D eigenvalue weighted by Crippen LogP contribution is -2.06. The van der Waals surface area contributed by atoms with Crippen molar-refractivity contribution in [3.8, 4) is 0 Å². The highest BCUT2D eigenvalue weighted by molar-refractivity contribution is 5.28. The Labute approximate surface area is 154 Å². The first kappa shape index (κ1) is 20.4. The van der Waals surface area contributed by atoms with Crippen molar-refractivity contribution in [3.05, 3.63) is 29.9 Å². The Hall–Kier alpha value is -1.92. The summed E-state index contributed by atoms with van der Waals surface area (Å²) in [6, 6.07) is 2.82. The van der Waals surface area contributed by atoms with Crippen molar-refractivity contribution in [1.29, 1.82) is 0 Å². The Morgan fingerprint density at radius 2 is 1.77 bits per heavy atom. The molecule has 2 heterocycles. The molecule has 5 nitrogen and oxygen atoms in total. The fourth-order valence-electron chi connectivity index (χ4n) is 2.77. The Bertz CT molecular complexity index is 634. The second kappa shape index (κ2) is 10.3. The largest absolute Gasteiger partial charge is 0.458 e. The predicted molar refractivity (Wildman–Crippen MR) is 98.5 cm³/mol. The third-order valence-corrected chi connectivity index (χ3v) is 4.26. The Balaban J connectivity index is 1.63. The number of furan rings is 1. The van der Waals surface area contributed by atoms with E-state index in [1.807, 2.05) is 0 Å². The van der Waals surface area contributed by atoms with Crippen LogP contribution >= 0.6 is 0 Å². The quantitative estimate of drug-likeness (QED) is 0.469. The van der Waals surface area contributed by atoms with Crippen molar-refractivity contribution in [2.75, 3.05) is 11.9 Å². The van der Waals surface area contributed by atoms with E-state index in [1.54, 1.807) is 6.20 Å². The van der Waals surface area contributed by atoms with E-state index in [4.69, 9.17) is 4.42 Å². The topological polar surface area (TPSA) is 55.9 Å². The van der Waals surface area contributed by atoms with Crippen LogP contribution in [0.5, 0.6) is 0 Å². The van der Waals surface area contributed by atoms with Crippen LogP contribution in [0.1, 0.15) is 76.7 Å². The molecule has 2 aromatic rings. The molecule has 2 aromatic heterocycles. The highest BCUT2D eigenvalue weighted by Crippen LogP contribution is 2.28. The molecule has 0 aliphatic rings. The van der Waals surface area contributed by atoms with E-state index in [2.05, 4.69) is 22.4 Å². The van der Waals surface area contributed by atoms with Gasteiger partial charge in [-0.3, -0.25) is 0 Å².